The third-order valence-corrected chi connectivity index (χ3v) is 8.38. The molecule has 2 atom stereocenters. The van der Waals surface area contributed by atoms with Gasteiger partial charge in [0.2, 0.25) is 0 Å². The van der Waals surface area contributed by atoms with Crippen LogP contribution in [0.1, 0.15) is 30.5 Å². The summed E-state index contributed by atoms with van der Waals surface area (Å²) in [5.74, 6) is 1.60. The quantitative estimate of drug-likeness (QED) is 0.303. The molecule has 5 rings (SSSR count). The average molecular weight is 581 g/mol. The van der Waals surface area contributed by atoms with Gasteiger partial charge in [-0.05, 0) is 62.6 Å². The number of amides is 1. The van der Waals surface area contributed by atoms with Gasteiger partial charge in [0, 0.05) is 25.8 Å². The van der Waals surface area contributed by atoms with Gasteiger partial charge in [0.05, 0.1) is 36.9 Å². The number of thioether (sulfide) groups is 1. The second-order valence-electron chi connectivity index (χ2n) is 9.97. The Hall–Kier alpha value is -3.41. The summed E-state index contributed by atoms with van der Waals surface area (Å²) in [5, 5.41) is 0. The van der Waals surface area contributed by atoms with Crippen molar-refractivity contribution in [3.63, 3.8) is 0 Å². The summed E-state index contributed by atoms with van der Waals surface area (Å²) >= 11 is 6.79. The summed E-state index contributed by atoms with van der Waals surface area (Å²) < 4.78 is 18.6. The molecule has 40 heavy (non-hydrogen) atoms. The van der Waals surface area contributed by atoms with Crippen LogP contribution in [0, 0.1) is 6.92 Å². The largest absolute Gasteiger partial charge is 0.493 e. The number of methoxy groups -OCH3 is 2. The lowest BCUT2D eigenvalue weighted by Crippen LogP contribution is -2.46. The molecule has 2 aliphatic heterocycles. The van der Waals surface area contributed by atoms with Crippen LogP contribution in [0.5, 0.6) is 11.5 Å². The topological polar surface area (TPSA) is 85.6 Å². The normalized spacial score (nSPS) is 20.6. The van der Waals surface area contributed by atoms with Crippen LogP contribution in [0.3, 0.4) is 0 Å². The molecule has 1 amide bonds. The van der Waals surface area contributed by atoms with Crippen LogP contribution in [0.4, 0.5) is 5.82 Å². The number of carbonyl (C=O) groups is 1. The summed E-state index contributed by atoms with van der Waals surface area (Å²) in [4.78, 5) is 36.3. The van der Waals surface area contributed by atoms with Crippen molar-refractivity contribution in [2.45, 2.75) is 39.4 Å². The predicted octanol–water partition coefficient (Wildman–Crippen LogP) is 4.08. The van der Waals surface area contributed by atoms with Crippen LogP contribution in [-0.2, 0) is 16.0 Å². The second kappa shape index (κ2) is 11.6. The fourth-order valence-electron chi connectivity index (χ4n) is 5.12. The van der Waals surface area contributed by atoms with Gasteiger partial charge < -0.3 is 19.1 Å². The molecule has 2 saturated heterocycles. The van der Waals surface area contributed by atoms with E-state index < -0.39 is 0 Å². The Kier molecular flexibility index (Phi) is 8.16. The van der Waals surface area contributed by atoms with Crippen molar-refractivity contribution in [2.24, 2.45) is 0 Å². The molecular weight excluding hydrogens is 548 g/mol. The van der Waals surface area contributed by atoms with Crippen molar-refractivity contribution in [3.05, 3.63) is 68.5 Å². The SMILES string of the molecule is COc1ccc(CCN2C(=O)/C(=C\c3c(N4CC(C)OC(C)C4)nc4c(C)cccn4c3=O)SC2=S)cc1OC. The number of aryl methyl sites for hydroxylation is 1. The highest BCUT2D eigenvalue weighted by Crippen LogP contribution is 2.35. The minimum absolute atomic E-state index is 0.0245. The number of pyridine rings is 1. The maximum Gasteiger partial charge on any atom is 0.267 e. The van der Waals surface area contributed by atoms with E-state index in [4.69, 9.17) is 31.4 Å². The van der Waals surface area contributed by atoms with Crippen LogP contribution in [-0.4, -0.2) is 70.6 Å². The number of fused-ring (bicyclic) bond motifs is 1. The summed E-state index contributed by atoms with van der Waals surface area (Å²) in [6, 6.07) is 9.43. The van der Waals surface area contributed by atoms with Crippen molar-refractivity contribution in [1.29, 1.82) is 0 Å². The van der Waals surface area contributed by atoms with Gasteiger partial charge in [-0.15, -0.1) is 0 Å². The zero-order valence-electron chi connectivity index (χ0n) is 23.2. The lowest BCUT2D eigenvalue weighted by atomic mass is 10.1. The minimum Gasteiger partial charge on any atom is -0.493 e. The third-order valence-electron chi connectivity index (χ3n) is 7.00. The number of aromatic nitrogens is 2. The Morgan fingerprint density at radius 2 is 1.85 bits per heavy atom. The number of nitrogens with zero attached hydrogens (tertiary/aromatic N) is 4. The van der Waals surface area contributed by atoms with E-state index in [1.807, 2.05) is 51.1 Å². The van der Waals surface area contributed by atoms with Gasteiger partial charge in [-0.25, -0.2) is 4.98 Å². The maximum absolute atomic E-state index is 13.8. The lowest BCUT2D eigenvalue weighted by Gasteiger charge is -2.36. The van der Waals surface area contributed by atoms with Crippen LogP contribution in [0.25, 0.3) is 11.7 Å². The fraction of sp³-hybridized carbons (Fsp3) is 0.379. The summed E-state index contributed by atoms with van der Waals surface area (Å²) in [5.41, 5.74) is 2.61. The van der Waals surface area contributed by atoms with Crippen molar-refractivity contribution in [1.82, 2.24) is 14.3 Å². The van der Waals surface area contributed by atoms with Gasteiger partial charge in [-0.1, -0.05) is 36.1 Å². The molecule has 1 aromatic carbocycles. The van der Waals surface area contributed by atoms with E-state index in [0.29, 0.717) is 63.8 Å². The Morgan fingerprint density at radius 1 is 1.12 bits per heavy atom. The molecule has 2 aromatic heterocycles. The Morgan fingerprint density at radius 3 is 2.55 bits per heavy atom. The zero-order chi connectivity index (χ0) is 28.6. The van der Waals surface area contributed by atoms with Crippen LogP contribution < -0.4 is 19.9 Å². The van der Waals surface area contributed by atoms with Gasteiger partial charge >= 0.3 is 0 Å². The monoisotopic (exact) mass is 580 g/mol. The first kappa shape index (κ1) is 28.1. The molecule has 210 valence electrons. The highest BCUT2D eigenvalue weighted by Gasteiger charge is 2.33. The summed E-state index contributed by atoms with van der Waals surface area (Å²) in [6.07, 6.45) is 3.89. The first-order chi connectivity index (χ1) is 19.2. The third kappa shape index (κ3) is 5.45. The molecule has 9 nitrogen and oxygen atoms in total. The number of benzene rings is 1. The van der Waals surface area contributed by atoms with E-state index in [1.54, 1.807) is 31.4 Å². The molecule has 0 aliphatic carbocycles. The molecule has 3 aromatic rings. The molecule has 2 fully saturated rings. The van der Waals surface area contributed by atoms with Crippen molar-refractivity contribution < 1.29 is 19.0 Å². The van der Waals surface area contributed by atoms with Gasteiger partial charge in [-0.2, -0.15) is 0 Å². The average Bonchev–Trinajstić information content (AvgIpc) is 3.20. The first-order valence-electron chi connectivity index (χ1n) is 13.1. The highest BCUT2D eigenvalue weighted by molar-refractivity contribution is 8.26. The second-order valence-corrected chi connectivity index (χ2v) is 11.6. The van der Waals surface area contributed by atoms with Gasteiger partial charge in [0.1, 0.15) is 15.8 Å². The summed E-state index contributed by atoms with van der Waals surface area (Å²) in [7, 11) is 3.18. The number of thiocarbonyl (C=S) groups is 1. The molecule has 11 heteroatoms. The van der Waals surface area contributed by atoms with Gasteiger partial charge in [0.15, 0.2) is 11.5 Å². The number of carbonyl (C=O) groups excluding carboxylic acids is 1. The van der Waals surface area contributed by atoms with Crippen LogP contribution in [0.2, 0.25) is 0 Å². The fourth-order valence-corrected chi connectivity index (χ4v) is 6.41. The highest BCUT2D eigenvalue weighted by atomic mass is 32.2. The number of rotatable bonds is 7. The lowest BCUT2D eigenvalue weighted by molar-refractivity contribution is -0.122. The van der Waals surface area contributed by atoms with E-state index in [-0.39, 0.29) is 23.7 Å². The predicted molar refractivity (Wildman–Crippen MR) is 162 cm³/mol. The van der Waals surface area contributed by atoms with Crippen molar-refractivity contribution in [3.8, 4) is 11.5 Å². The molecule has 0 bridgehead atoms. The van der Waals surface area contributed by atoms with E-state index in [9.17, 15) is 9.59 Å². The van der Waals surface area contributed by atoms with E-state index in [1.165, 1.54) is 16.2 Å². The molecule has 2 aliphatic rings. The minimum atomic E-state index is -0.230. The van der Waals surface area contributed by atoms with E-state index >= 15 is 0 Å². The number of anilines is 1. The smallest absolute Gasteiger partial charge is 0.267 e. The zero-order valence-corrected chi connectivity index (χ0v) is 24.8. The number of morpholine rings is 1. The summed E-state index contributed by atoms with van der Waals surface area (Å²) in [6.45, 7) is 7.52. The molecule has 4 heterocycles. The van der Waals surface area contributed by atoms with Crippen molar-refractivity contribution in [2.75, 3.05) is 38.8 Å². The van der Waals surface area contributed by atoms with Crippen molar-refractivity contribution >= 4 is 51.7 Å². The maximum atomic E-state index is 13.8. The molecule has 0 spiro atoms. The van der Waals surface area contributed by atoms with Crippen LogP contribution in [0.15, 0.2) is 46.2 Å². The molecule has 2 unspecified atom stereocenters. The molecule has 0 N–H and O–H groups in total. The number of hydrogen-bond donors (Lipinski definition) is 0. The Balaban J connectivity index is 1.48. The molecular formula is C29H32N4O5S2. The number of hydrogen-bond acceptors (Lipinski definition) is 9. The van der Waals surface area contributed by atoms with E-state index in [0.717, 1.165) is 11.1 Å². The Labute approximate surface area is 242 Å². The van der Waals surface area contributed by atoms with Crippen LogP contribution >= 0.6 is 24.0 Å². The van der Waals surface area contributed by atoms with Gasteiger partial charge in [0.25, 0.3) is 11.5 Å². The Bertz CT molecular complexity index is 1560. The molecule has 0 saturated carbocycles. The number of ether oxygens (including phenoxy) is 3. The first-order valence-corrected chi connectivity index (χ1v) is 14.3. The standard InChI is InChI=1S/C29H32N4O5S2/c1-17-7-6-11-32-25(17)30-26(31-15-18(2)38-19(3)16-31)21(27(32)34)14-24-28(35)33(29(39)40-24)12-10-20-8-9-22(36-4)23(13-20)37-5/h6-9,11,13-14,18-19H,10,12,15-16H2,1-5H3/b24-14+. The molecule has 0 radical (unpaired) electrons. The van der Waals surface area contributed by atoms with E-state index in [2.05, 4.69) is 4.90 Å². The van der Waals surface area contributed by atoms with Gasteiger partial charge in [-0.3, -0.25) is 18.9 Å².